The predicted octanol–water partition coefficient (Wildman–Crippen LogP) is 1.98. The SMILES string of the molecule is CCn1ccnc1[C@@H]1OCCC[C@H]1C(=O)NCc1ncoc1C. The first kappa shape index (κ1) is 15.7. The van der Waals surface area contributed by atoms with Gasteiger partial charge in [-0.1, -0.05) is 0 Å². The zero-order chi connectivity index (χ0) is 16.2. The van der Waals surface area contributed by atoms with Crippen LogP contribution in [0.15, 0.2) is 23.2 Å². The first-order valence-electron chi connectivity index (χ1n) is 8.00. The molecule has 2 aromatic heterocycles. The van der Waals surface area contributed by atoms with E-state index in [1.165, 1.54) is 6.39 Å². The molecule has 0 aromatic carbocycles. The fourth-order valence-corrected chi connectivity index (χ4v) is 2.95. The first-order chi connectivity index (χ1) is 11.2. The van der Waals surface area contributed by atoms with Crippen LogP contribution in [0.1, 0.15) is 43.1 Å². The second-order valence-corrected chi connectivity index (χ2v) is 5.68. The maximum Gasteiger partial charge on any atom is 0.226 e. The number of nitrogens with one attached hydrogen (secondary N) is 1. The van der Waals surface area contributed by atoms with Crippen LogP contribution in [0.2, 0.25) is 0 Å². The Kier molecular flexibility index (Phi) is 4.76. The van der Waals surface area contributed by atoms with E-state index in [1.54, 1.807) is 6.20 Å². The summed E-state index contributed by atoms with van der Waals surface area (Å²) < 4.78 is 13.1. The van der Waals surface area contributed by atoms with Gasteiger partial charge in [0.15, 0.2) is 6.39 Å². The van der Waals surface area contributed by atoms with Crippen LogP contribution in [0.25, 0.3) is 0 Å². The Bertz CT molecular complexity index is 664. The monoisotopic (exact) mass is 318 g/mol. The quantitative estimate of drug-likeness (QED) is 0.911. The summed E-state index contributed by atoms with van der Waals surface area (Å²) in [5.74, 6) is 1.29. The van der Waals surface area contributed by atoms with E-state index in [0.717, 1.165) is 36.7 Å². The molecule has 0 spiro atoms. The van der Waals surface area contributed by atoms with Crippen LogP contribution in [-0.2, 0) is 22.6 Å². The number of rotatable bonds is 5. The molecule has 1 fully saturated rings. The van der Waals surface area contributed by atoms with Crippen LogP contribution in [0.5, 0.6) is 0 Å². The van der Waals surface area contributed by atoms with E-state index >= 15 is 0 Å². The van der Waals surface area contributed by atoms with Gasteiger partial charge in [-0.05, 0) is 26.7 Å². The van der Waals surface area contributed by atoms with Crippen molar-refractivity contribution in [1.29, 1.82) is 0 Å². The van der Waals surface area contributed by atoms with Crippen molar-refractivity contribution in [2.75, 3.05) is 6.61 Å². The van der Waals surface area contributed by atoms with E-state index in [1.807, 2.05) is 17.7 Å². The minimum absolute atomic E-state index is 0.0252. The molecule has 1 saturated heterocycles. The van der Waals surface area contributed by atoms with Crippen LogP contribution >= 0.6 is 0 Å². The molecule has 3 rings (SSSR count). The molecular formula is C16H22N4O3. The van der Waals surface area contributed by atoms with Crippen molar-refractivity contribution >= 4 is 5.91 Å². The number of hydrogen-bond donors (Lipinski definition) is 1. The first-order valence-corrected chi connectivity index (χ1v) is 8.00. The van der Waals surface area contributed by atoms with Crippen LogP contribution in [0.4, 0.5) is 0 Å². The van der Waals surface area contributed by atoms with E-state index in [4.69, 9.17) is 9.15 Å². The van der Waals surface area contributed by atoms with Gasteiger partial charge in [-0.15, -0.1) is 0 Å². The highest BCUT2D eigenvalue weighted by Gasteiger charge is 2.35. The average molecular weight is 318 g/mol. The molecule has 3 heterocycles. The van der Waals surface area contributed by atoms with E-state index in [0.29, 0.717) is 13.2 Å². The molecule has 0 unspecified atom stereocenters. The lowest BCUT2D eigenvalue weighted by molar-refractivity contribution is -0.135. The summed E-state index contributed by atoms with van der Waals surface area (Å²) >= 11 is 0. The van der Waals surface area contributed by atoms with Gasteiger partial charge in [-0.3, -0.25) is 4.79 Å². The van der Waals surface area contributed by atoms with Crippen LogP contribution in [-0.4, -0.2) is 27.0 Å². The molecule has 2 atom stereocenters. The highest BCUT2D eigenvalue weighted by molar-refractivity contribution is 5.79. The molecule has 0 aliphatic carbocycles. The Morgan fingerprint density at radius 3 is 3.09 bits per heavy atom. The highest BCUT2D eigenvalue weighted by Crippen LogP contribution is 2.33. The van der Waals surface area contributed by atoms with E-state index in [9.17, 15) is 4.79 Å². The van der Waals surface area contributed by atoms with Gasteiger partial charge in [0.25, 0.3) is 0 Å². The Hall–Kier alpha value is -2.15. The summed E-state index contributed by atoms with van der Waals surface area (Å²) in [6, 6.07) is 0. The third-order valence-electron chi connectivity index (χ3n) is 4.28. The molecule has 7 heteroatoms. The number of carbonyl (C=O) groups is 1. The molecule has 1 amide bonds. The number of hydrogen-bond acceptors (Lipinski definition) is 5. The summed E-state index contributed by atoms with van der Waals surface area (Å²) in [6.45, 7) is 5.72. The Labute approximate surface area is 135 Å². The zero-order valence-corrected chi connectivity index (χ0v) is 13.5. The zero-order valence-electron chi connectivity index (χ0n) is 13.5. The van der Waals surface area contributed by atoms with Crippen molar-refractivity contribution in [1.82, 2.24) is 19.9 Å². The van der Waals surface area contributed by atoms with Crippen LogP contribution in [0, 0.1) is 12.8 Å². The second-order valence-electron chi connectivity index (χ2n) is 5.68. The van der Waals surface area contributed by atoms with Gasteiger partial charge >= 0.3 is 0 Å². The largest absolute Gasteiger partial charge is 0.448 e. The van der Waals surface area contributed by atoms with Crippen molar-refractivity contribution in [3.8, 4) is 0 Å². The third kappa shape index (κ3) is 3.29. The summed E-state index contributed by atoms with van der Waals surface area (Å²) in [7, 11) is 0. The van der Waals surface area contributed by atoms with Crippen molar-refractivity contribution in [3.05, 3.63) is 36.1 Å². The molecule has 7 nitrogen and oxygen atoms in total. The van der Waals surface area contributed by atoms with Crippen molar-refractivity contribution in [2.24, 2.45) is 5.92 Å². The lowest BCUT2D eigenvalue weighted by Gasteiger charge is -2.30. The normalized spacial score (nSPS) is 21.3. The fourth-order valence-electron chi connectivity index (χ4n) is 2.95. The number of aromatic nitrogens is 3. The van der Waals surface area contributed by atoms with Crippen molar-refractivity contribution in [3.63, 3.8) is 0 Å². The molecule has 1 N–H and O–H groups in total. The molecule has 0 radical (unpaired) electrons. The smallest absolute Gasteiger partial charge is 0.226 e. The molecular weight excluding hydrogens is 296 g/mol. The standard InChI is InChI=1S/C16H22N4O3/c1-3-20-7-6-17-15(20)14-12(5-4-8-22-14)16(21)18-9-13-11(2)23-10-19-13/h6-7,10,12,14H,3-5,8-9H2,1-2H3,(H,18,21)/t12-,14-/m1/s1. The minimum atomic E-state index is -0.294. The van der Waals surface area contributed by atoms with Gasteiger partial charge in [0, 0.05) is 25.5 Å². The van der Waals surface area contributed by atoms with E-state index < -0.39 is 0 Å². The topological polar surface area (TPSA) is 82.2 Å². The maximum absolute atomic E-state index is 12.6. The molecule has 1 aliphatic rings. The van der Waals surface area contributed by atoms with E-state index in [-0.39, 0.29) is 17.9 Å². The molecule has 23 heavy (non-hydrogen) atoms. The molecule has 2 aromatic rings. The van der Waals surface area contributed by atoms with Gasteiger partial charge in [0.05, 0.1) is 12.5 Å². The second kappa shape index (κ2) is 6.95. The molecule has 1 aliphatic heterocycles. The number of amides is 1. The third-order valence-corrected chi connectivity index (χ3v) is 4.28. The highest BCUT2D eigenvalue weighted by atomic mass is 16.5. The van der Waals surface area contributed by atoms with E-state index in [2.05, 4.69) is 22.2 Å². The minimum Gasteiger partial charge on any atom is -0.448 e. The Morgan fingerprint density at radius 2 is 2.35 bits per heavy atom. The number of ether oxygens (including phenoxy) is 1. The summed E-state index contributed by atoms with van der Waals surface area (Å²) in [5, 5.41) is 2.95. The van der Waals surface area contributed by atoms with Crippen molar-refractivity contribution in [2.45, 2.75) is 45.9 Å². The van der Waals surface area contributed by atoms with Gasteiger partial charge in [-0.2, -0.15) is 0 Å². The van der Waals surface area contributed by atoms with Gasteiger partial charge < -0.3 is 19.0 Å². The average Bonchev–Trinajstić information content (AvgIpc) is 3.21. The Balaban J connectivity index is 1.70. The lowest BCUT2D eigenvalue weighted by atomic mass is 9.92. The van der Waals surface area contributed by atoms with Gasteiger partial charge in [-0.25, -0.2) is 9.97 Å². The number of nitrogens with zero attached hydrogens (tertiary/aromatic N) is 3. The number of carbonyl (C=O) groups excluding carboxylic acids is 1. The lowest BCUT2D eigenvalue weighted by Crippen LogP contribution is -2.38. The van der Waals surface area contributed by atoms with Gasteiger partial charge in [0.1, 0.15) is 23.4 Å². The van der Waals surface area contributed by atoms with Crippen LogP contribution < -0.4 is 5.32 Å². The molecule has 0 saturated carbocycles. The van der Waals surface area contributed by atoms with Crippen LogP contribution in [0.3, 0.4) is 0 Å². The fraction of sp³-hybridized carbons (Fsp3) is 0.562. The molecule has 0 bridgehead atoms. The van der Waals surface area contributed by atoms with Crippen molar-refractivity contribution < 1.29 is 13.9 Å². The summed E-state index contributed by atoms with van der Waals surface area (Å²) in [6.07, 6.45) is 6.44. The predicted molar refractivity (Wildman–Crippen MR) is 82.4 cm³/mol. The Morgan fingerprint density at radius 1 is 1.48 bits per heavy atom. The summed E-state index contributed by atoms with van der Waals surface area (Å²) in [4.78, 5) is 21.1. The number of oxazole rings is 1. The summed E-state index contributed by atoms with van der Waals surface area (Å²) in [5.41, 5.74) is 0.752. The molecule has 124 valence electrons. The maximum atomic E-state index is 12.6. The number of aryl methyl sites for hydroxylation is 2. The van der Waals surface area contributed by atoms with Gasteiger partial charge in [0.2, 0.25) is 5.91 Å². The number of imidazole rings is 1.